The number of aromatic nitrogens is 2. The van der Waals surface area contributed by atoms with Crippen LogP contribution in [-0.4, -0.2) is 28.5 Å². The number of carbonyl (C=O) groups is 1. The van der Waals surface area contributed by atoms with Gasteiger partial charge in [-0.15, -0.1) is 0 Å². The van der Waals surface area contributed by atoms with E-state index in [9.17, 15) is 4.79 Å². The van der Waals surface area contributed by atoms with Gasteiger partial charge in [0.1, 0.15) is 5.69 Å². The van der Waals surface area contributed by atoms with E-state index in [1.807, 2.05) is 30.3 Å². The average Bonchev–Trinajstić information content (AvgIpc) is 3.05. The zero-order valence-electron chi connectivity index (χ0n) is 15.6. The molecule has 3 aromatic rings. The average molecular weight is 393 g/mol. The number of rotatable bonds is 5. The summed E-state index contributed by atoms with van der Waals surface area (Å²) in [5, 5.41) is 3.59. The second-order valence-electron chi connectivity index (χ2n) is 6.94. The van der Waals surface area contributed by atoms with Crippen LogP contribution in [0.25, 0.3) is 0 Å². The van der Waals surface area contributed by atoms with Gasteiger partial charge < -0.3 is 10.2 Å². The van der Waals surface area contributed by atoms with Crippen molar-refractivity contribution in [2.24, 2.45) is 0 Å². The molecular weight excluding hydrogens is 372 g/mol. The molecule has 6 heteroatoms. The van der Waals surface area contributed by atoms with Crippen molar-refractivity contribution in [3.63, 3.8) is 0 Å². The Kier molecular flexibility index (Phi) is 5.26. The summed E-state index contributed by atoms with van der Waals surface area (Å²) in [4.78, 5) is 23.3. The smallest absolute Gasteiger partial charge is 0.271 e. The van der Waals surface area contributed by atoms with Crippen LogP contribution in [0.5, 0.6) is 0 Å². The lowest BCUT2D eigenvalue weighted by atomic mass is 10.1. The first kappa shape index (κ1) is 18.4. The Morgan fingerprint density at radius 2 is 1.93 bits per heavy atom. The molecule has 0 radical (unpaired) electrons. The number of anilines is 2. The fraction of sp³-hybridized carbons (Fsp3) is 0.227. The highest BCUT2D eigenvalue weighted by Crippen LogP contribution is 2.36. The maximum Gasteiger partial charge on any atom is 0.271 e. The molecule has 0 spiro atoms. The molecule has 0 aliphatic carbocycles. The highest BCUT2D eigenvalue weighted by molar-refractivity contribution is 6.30. The zero-order chi connectivity index (χ0) is 19.5. The highest BCUT2D eigenvalue weighted by Gasteiger charge is 2.27. The molecule has 1 atom stereocenters. The Morgan fingerprint density at radius 3 is 2.68 bits per heavy atom. The van der Waals surface area contributed by atoms with E-state index in [0.717, 1.165) is 29.9 Å². The van der Waals surface area contributed by atoms with Gasteiger partial charge in [0.25, 0.3) is 5.91 Å². The summed E-state index contributed by atoms with van der Waals surface area (Å²) in [6.45, 7) is 2.69. The first-order valence-corrected chi connectivity index (χ1v) is 9.71. The van der Waals surface area contributed by atoms with E-state index in [1.54, 1.807) is 12.4 Å². The van der Waals surface area contributed by atoms with E-state index >= 15 is 0 Å². The van der Waals surface area contributed by atoms with E-state index in [1.165, 1.54) is 5.56 Å². The van der Waals surface area contributed by atoms with Gasteiger partial charge in [-0.25, -0.2) is 9.97 Å². The number of carbonyl (C=O) groups excluding carboxylic acids is 1. The van der Waals surface area contributed by atoms with Crippen LogP contribution >= 0.6 is 11.6 Å². The number of benzene rings is 2. The number of fused-ring (bicyclic) bond motifs is 1. The molecule has 1 aliphatic heterocycles. The zero-order valence-corrected chi connectivity index (χ0v) is 16.4. The summed E-state index contributed by atoms with van der Waals surface area (Å²) in [7, 11) is 0. The molecule has 0 fully saturated rings. The predicted octanol–water partition coefficient (Wildman–Crippen LogP) is 4.19. The molecule has 0 saturated carbocycles. The quantitative estimate of drug-likeness (QED) is 0.707. The highest BCUT2D eigenvalue weighted by atomic mass is 35.5. The lowest BCUT2D eigenvalue weighted by Gasteiger charge is -2.23. The third-order valence-electron chi connectivity index (χ3n) is 4.94. The normalized spacial score (nSPS) is 15.4. The standard InChI is InChI=1S/C22H21ClN4O/c1-15-12-17-4-2-3-5-20(17)27(15)21-14-25-19(13-26-21)22(28)24-11-10-16-6-8-18(23)9-7-16/h2-9,13-15H,10-12H2,1H3,(H,24,28). The Morgan fingerprint density at radius 1 is 1.14 bits per heavy atom. The molecule has 1 amide bonds. The summed E-state index contributed by atoms with van der Waals surface area (Å²) in [5.41, 5.74) is 3.90. The van der Waals surface area contributed by atoms with Gasteiger partial charge in [0.2, 0.25) is 0 Å². The number of para-hydroxylation sites is 1. The number of hydrogen-bond acceptors (Lipinski definition) is 4. The van der Waals surface area contributed by atoms with Crippen LogP contribution in [0.15, 0.2) is 60.9 Å². The summed E-state index contributed by atoms with van der Waals surface area (Å²) in [6, 6.07) is 16.2. The van der Waals surface area contributed by atoms with Crippen molar-refractivity contribution in [3.05, 3.63) is 82.8 Å². The minimum Gasteiger partial charge on any atom is -0.350 e. The van der Waals surface area contributed by atoms with Crippen molar-refractivity contribution in [1.82, 2.24) is 15.3 Å². The van der Waals surface area contributed by atoms with Crippen molar-refractivity contribution < 1.29 is 4.79 Å². The first-order valence-electron chi connectivity index (χ1n) is 9.33. The van der Waals surface area contributed by atoms with Gasteiger partial charge in [-0.05, 0) is 49.1 Å². The van der Waals surface area contributed by atoms with E-state index in [4.69, 9.17) is 11.6 Å². The maximum absolute atomic E-state index is 12.3. The summed E-state index contributed by atoms with van der Waals surface area (Å²) in [5.74, 6) is 0.540. The topological polar surface area (TPSA) is 58.1 Å². The van der Waals surface area contributed by atoms with Crippen LogP contribution in [0.4, 0.5) is 11.5 Å². The van der Waals surface area contributed by atoms with Crippen molar-refractivity contribution in [3.8, 4) is 0 Å². The third kappa shape index (κ3) is 3.85. The molecule has 28 heavy (non-hydrogen) atoms. The van der Waals surface area contributed by atoms with E-state index in [-0.39, 0.29) is 5.91 Å². The summed E-state index contributed by atoms with van der Waals surface area (Å²) < 4.78 is 0. The van der Waals surface area contributed by atoms with Crippen molar-refractivity contribution in [1.29, 1.82) is 0 Å². The SMILES string of the molecule is CC1Cc2ccccc2N1c1cnc(C(=O)NCCc2ccc(Cl)cc2)cn1. The second kappa shape index (κ2) is 7.98. The van der Waals surface area contributed by atoms with Crippen LogP contribution in [0.3, 0.4) is 0 Å². The number of amides is 1. The van der Waals surface area contributed by atoms with E-state index in [2.05, 4.69) is 45.3 Å². The largest absolute Gasteiger partial charge is 0.350 e. The fourth-order valence-corrected chi connectivity index (χ4v) is 3.67. The Labute approximate surface area is 169 Å². The number of nitrogens with zero attached hydrogens (tertiary/aromatic N) is 3. The molecule has 1 N–H and O–H groups in total. The number of hydrogen-bond donors (Lipinski definition) is 1. The first-order chi connectivity index (χ1) is 13.6. The monoisotopic (exact) mass is 392 g/mol. The van der Waals surface area contributed by atoms with E-state index in [0.29, 0.717) is 23.3 Å². The third-order valence-corrected chi connectivity index (χ3v) is 5.19. The second-order valence-corrected chi connectivity index (χ2v) is 7.38. The minimum absolute atomic E-state index is 0.220. The van der Waals surface area contributed by atoms with Crippen LogP contribution in [-0.2, 0) is 12.8 Å². The van der Waals surface area contributed by atoms with Gasteiger partial charge >= 0.3 is 0 Å². The molecular formula is C22H21ClN4O. The van der Waals surface area contributed by atoms with Crippen LogP contribution in [0, 0.1) is 0 Å². The number of nitrogens with one attached hydrogen (secondary N) is 1. The predicted molar refractivity (Wildman–Crippen MR) is 111 cm³/mol. The molecule has 4 rings (SSSR count). The maximum atomic E-state index is 12.3. The van der Waals surface area contributed by atoms with Gasteiger partial charge in [-0.3, -0.25) is 4.79 Å². The van der Waals surface area contributed by atoms with E-state index < -0.39 is 0 Å². The Bertz CT molecular complexity index is 973. The molecule has 0 saturated heterocycles. The molecule has 1 unspecified atom stereocenters. The van der Waals surface area contributed by atoms with Crippen molar-refractivity contribution in [2.75, 3.05) is 11.4 Å². The van der Waals surface area contributed by atoms with Gasteiger partial charge in [0, 0.05) is 23.3 Å². The molecule has 2 heterocycles. The van der Waals surface area contributed by atoms with Crippen LogP contribution < -0.4 is 10.2 Å². The minimum atomic E-state index is -0.220. The van der Waals surface area contributed by atoms with Gasteiger partial charge in [-0.2, -0.15) is 0 Å². The molecule has 5 nitrogen and oxygen atoms in total. The summed E-state index contributed by atoms with van der Waals surface area (Å²) in [6.07, 6.45) is 4.93. The summed E-state index contributed by atoms with van der Waals surface area (Å²) >= 11 is 5.88. The fourth-order valence-electron chi connectivity index (χ4n) is 3.54. The lowest BCUT2D eigenvalue weighted by Crippen LogP contribution is -2.28. The Balaban J connectivity index is 1.39. The Hall–Kier alpha value is -2.92. The number of halogens is 1. The van der Waals surface area contributed by atoms with Gasteiger partial charge in [-0.1, -0.05) is 41.9 Å². The molecule has 1 aliphatic rings. The van der Waals surface area contributed by atoms with Crippen LogP contribution in [0.2, 0.25) is 5.02 Å². The molecule has 2 aromatic carbocycles. The molecule has 0 bridgehead atoms. The van der Waals surface area contributed by atoms with Crippen molar-refractivity contribution in [2.45, 2.75) is 25.8 Å². The van der Waals surface area contributed by atoms with Crippen LogP contribution in [0.1, 0.15) is 28.5 Å². The van der Waals surface area contributed by atoms with Gasteiger partial charge in [0.05, 0.1) is 12.4 Å². The lowest BCUT2D eigenvalue weighted by molar-refractivity contribution is 0.0949. The molecule has 142 valence electrons. The van der Waals surface area contributed by atoms with Gasteiger partial charge in [0.15, 0.2) is 5.82 Å². The molecule has 1 aromatic heterocycles. The van der Waals surface area contributed by atoms with Crippen molar-refractivity contribution >= 4 is 29.0 Å².